The topological polar surface area (TPSA) is 90.2 Å². The van der Waals surface area contributed by atoms with Gasteiger partial charge in [-0.25, -0.2) is 0 Å². The zero-order chi connectivity index (χ0) is 8.43. The van der Waals surface area contributed by atoms with Crippen molar-refractivity contribution in [2.45, 2.75) is 24.4 Å². The normalized spacial score (nSPS) is 44.7. The molecule has 1 saturated heterocycles. The largest absolute Gasteiger partial charge is 0.394 e. The van der Waals surface area contributed by atoms with Crippen LogP contribution < -0.4 is 0 Å². The van der Waals surface area contributed by atoms with Gasteiger partial charge in [-0.3, -0.25) is 0 Å². The van der Waals surface area contributed by atoms with Gasteiger partial charge < -0.3 is 25.2 Å². The molecule has 0 aliphatic carbocycles. The summed E-state index contributed by atoms with van der Waals surface area (Å²) in [5.74, 6) is 0. The number of aliphatic hydroxyl groups is 4. The minimum Gasteiger partial charge on any atom is -0.394 e. The van der Waals surface area contributed by atoms with Gasteiger partial charge in [-0.15, -0.1) is 0 Å². The summed E-state index contributed by atoms with van der Waals surface area (Å²) in [6.45, 7) is -0.705. The second-order valence-corrected chi connectivity index (χ2v) is 2.56. The van der Waals surface area contributed by atoms with Crippen molar-refractivity contribution < 1.29 is 25.2 Å². The average Bonchev–Trinajstić information content (AvgIpc) is 2.30. The van der Waals surface area contributed by atoms with Crippen molar-refractivity contribution >= 4 is 0 Å². The summed E-state index contributed by atoms with van der Waals surface area (Å²) in [7, 11) is 0. The Kier molecular flexibility index (Phi) is 2.80. The van der Waals surface area contributed by atoms with Gasteiger partial charge in [0.25, 0.3) is 0 Å². The third kappa shape index (κ3) is 1.52. The van der Waals surface area contributed by atoms with Gasteiger partial charge in [-0.05, 0) is 0 Å². The molecule has 4 N–H and O–H groups in total. The summed E-state index contributed by atoms with van der Waals surface area (Å²) < 4.78 is 4.88. The Morgan fingerprint density at radius 3 is 1.45 bits per heavy atom. The first kappa shape index (κ1) is 8.89. The van der Waals surface area contributed by atoms with Gasteiger partial charge in [0.1, 0.15) is 24.4 Å². The molecule has 1 aliphatic rings. The molecule has 1 aliphatic heterocycles. The third-order valence-electron chi connectivity index (χ3n) is 1.82. The molecule has 11 heavy (non-hydrogen) atoms. The molecule has 0 amide bonds. The van der Waals surface area contributed by atoms with Crippen molar-refractivity contribution in [3.8, 4) is 0 Å². The summed E-state index contributed by atoms with van der Waals surface area (Å²) >= 11 is 0. The maximum Gasteiger partial charge on any atom is 0.111 e. The van der Waals surface area contributed by atoms with Crippen LogP contribution in [0.2, 0.25) is 0 Å². The van der Waals surface area contributed by atoms with Crippen molar-refractivity contribution in [1.82, 2.24) is 0 Å². The first-order valence-electron chi connectivity index (χ1n) is 3.44. The van der Waals surface area contributed by atoms with E-state index in [2.05, 4.69) is 0 Å². The first-order chi connectivity index (χ1) is 5.20. The molecule has 0 aromatic heterocycles. The molecule has 1 heterocycles. The summed E-state index contributed by atoms with van der Waals surface area (Å²) in [5, 5.41) is 35.4. The number of ether oxygens (including phenoxy) is 1. The molecule has 0 aromatic carbocycles. The van der Waals surface area contributed by atoms with Crippen LogP contribution in [0.3, 0.4) is 0 Å². The molecule has 4 atom stereocenters. The fourth-order valence-electron chi connectivity index (χ4n) is 1.13. The summed E-state index contributed by atoms with van der Waals surface area (Å²) in [4.78, 5) is 0. The molecule has 0 saturated carbocycles. The van der Waals surface area contributed by atoms with Gasteiger partial charge in [0, 0.05) is 0 Å². The van der Waals surface area contributed by atoms with Crippen LogP contribution in [0.4, 0.5) is 0 Å². The minimum atomic E-state index is -1.10. The van der Waals surface area contributed by atoms with E-state index < -0.39 is 24.4 Å². The third-order valence-corrected chi connectivity index (χ3v) is 1.82. The van der Waals surface area contributed by atoms with E-state index in [-0.39, 0.29) is 13.2 Å². The molecular weight excluding hydrogens is 152 g/mol. The lowest BCUT2D eigenvalue weighted by atomic mass is 10.1. The van der Waals surface area contributed by atoms with Crippen LogP contribution >= 0.6 is 0 Å². The fraction of sp³-hybridized carbons (Fsp3) is 1.00. The molecule has 0 radical (unpaired) electrons. The second kappa shape index (κ2) is 3.46. The predicted octanol–water partition coefficient (Wildman–Crippen LogP) is -2.54. The van der Waals surface area contributed by atoms with Crippen molar-refractivity contribution in [3.05, 3.63) is 0 Å². The number of rotatable bonds is 2. The minimum absolute atomic E-state index is 0.352. The van der Waals surface area contributed by atoms with Gasteiger partial charge in [0.05, 0.1) is 13.2 Å². The lowest BCUT2D eigenvalue weighted by Crippen LogP contribution is -2.34. The standard InChI is InChI=1S/C6H12O5/c7-1-3-5(9)6(10)4(2-8)11-3/h3-10H,1-2H2/t3-,4+,5+,6?/m1/s1. The van der Waals surface area contributed by atoms with Crippen LogP contribution in [0.1, 0.15) is 0 Å². The molecule has 1 rings (SSSR count). The number of hydrogen-bond acceptors (Lipinski definition) is 5. The van der Waals surface area contributed by atoms with E-state index in [1.54, 1.807) is 0 Å². The molecule has 1 unspecified atom stereocenters. The number of hydrogen-bond donors (Lipinski definition) is 4. The monoisotopic (exact) mass is 164 g/mol. The van der Waals surface area contributed by atoms with E-state index in [1.807, 2.05) is 0 Å². The summed E-state index contributed by atoms with van der Waals surface area (Å²) in [6.07, 6.45) is -3.75. The highest BCUT2D eigenvalue weighted by atomic mass is 16.6. The molecular formula is C6H12O5. The zero-order valence-corrected chi connectivity index (χ0v) is 5.92. The SMILES string of the molecule is OC[C@@H]1O[C@H](CO)[C@H](O)C1O. The Morgan fingerprint density at radius 2 is 1.27 bits per heavy atom. The molecule has 0 aromatic rings. The molecule has 1 fully saturated rings. The van der Waals surface area contributed by atoms with E-state index in [4.69, 9.17) is 25.2 Å². The second-order valence-electron chi connectivity index (χ2n) is 2.56. The van der Waals surface area contributed by atoms with Crippen LogP contribution in [0.25, 0.3) is 0 Å². The fourth-order valence-corrected chi connectivity index (χ4v) is 1.13. The Morgan fingerprint density at radius 1 is 0.909 bits per heavy atom. The Labute approximate surface area is 63.8 Å². The van der Waals surface area contributed by atoms with Gasteiger partial charge >= 0.3 is 0 Å². The maximum atomic E-state index is 9.11. The molecule has 5 nitrogen and oxygen atoms in total. The lowest BCUT2D eigenvalue weighted by Gasteiger charge is -2.10. The van der Waals surface area contributed by atoms with Gasteiger partial charge in [0.15, 0.2) is 0 Å². The molecule has 0 bridgehead atoms. The van der Waals surface area contributed by atoms with Gasteiger partial charge in [-0.2, -0.15) is 0 Å². The van der Waals surface area contributed by atoms with E-state index in [0.29, 0.717) is 0 Å². The Bertz CT molecular complexity index is 110. The highest BCUT2D eigenvalue weighted by Gasteiger charge is 2.41. The molecule has 66 valence electrons. The van der Waals surface area contributed by atoms with Gasteiger partial charge in [-0.1, -0.05) is 0 Å². The quantitative estimate of drug-likeness (QED) is 0.361. The maximum absolute atomic E-state index is 9.11. The van der Waals surface area contributed by atoms with E-state index >= 15 is 0 Å². The van der Waals surface area contributed by atoms with E-state index in [9.17, 15) is 0 Å². The van der Waals surface area contributed by atoms with E-state index in [1.165, 1.54) is 0 Å². The van der Waals surface area contributed by atoms with E-state index in [0.717, 1.165) is 0 Å². The van der Waals surface area contributed by atoms with Crippen LogP contribution in [0.15, 0.2) is 0 Å². The van der Waals surface area contributed by atoms with Crippen molar-refractivity contribution in [2.75, 3.05) is 13.2 Å². The summed E-state index contributed by atoms with van der Waals surface area (Å²) in [5.41, 5.74) is 0. The molecule has 0 spiro atoms. The lowest BCUT2D eigenvalue weighted by molar-refractivity contribution is -0.0395. The highest BCUT2D eigenvalue weighted by Crippen LogP contribution is 2.20. The van der Waals surface area contributed by atoms with Crippen LogP contribution in [0, 0.1) is 0 Å². The van der Waals surface area contributed by atoms with Crippen LogP contribution in [0.5, 0.6) is 0 Å². The Hall–Kier alpha value is -0.200. The summed E-state index contributed by atoms with van der Waals surface area (Å²) in [6, 6.07) is 0. The van der Waals surface area contributed by atoms with Crippen LogP contribution in [-0.4, -0.2) is 58.1 Å². The molecule has 5 heteroatoms. The first-order valence-corrected chi connectivity index (χ1v) is 3.44. The Balaban J connectivity index is 2.53. The average molecular weight is 164 g/mol. The van der Waals surface area contributed by atoms with Crippen LogP contribution in [-0.2, 0) is 4.74 Å². The smallest absolute Gasteiger partial charge is 0.111 e. The van der Waals surface area contributed by atoms with Gasteiger partial charge in [0.2, 0.25) is 0 Å². The van der Waals surface area contributed by atoms with Crippen molar-refractivity contribution in [1.29, 1.82) is 0 Å². The number of aliphatic hydroxyl groups excluding tert-OH is 4. The predicted molar refractivity (Wildman–Crippen MR) is 34.8 cm³/mol. The van der Waals surface area contributed by atoms with Crippen molar-refractivity contribution in [3.63, 3.8) is 0 Å². The highest BCUT2D eigenvalue weighted by molar-refractivity contribution is 4.89. The van der Waals surface area contributed by atoms with Crippen molar-refractivity contribution in [2.24, 2.45) is 0 Å². The zero-order valence-electron chi connectivity index (χ0n) is 5.92.